The molecule has 0 spiro atoms. The summed E-state index contributed by atoms with van der Waals surface area (Å²) < 4.78 is 50.4. The van der Waals surface area contributed by atoms with Crippen molar-refractivity contribution in [3.05, 3.63) is 53.6 Å². The number of rotatable bonds is 10. The van der Waals surface area contributed by atoms with E-state index in [9.17, 15) is 22.8 Å². The standard InChI is InChI=1S/C30H38F3N3O3/c1-3-30(33,4-2)19-35-14-11-20(12-15-35)18-39-27-10-8-21(16-25(27)32)23-9-7-22(17-24(23)31)29(38)36-13-5-6-26(36)28(34)37/h7-10,16-17,20,26H,3-6,11-15,18-19H2,1-2H3,(H2,34,37)/t26-/m0/s1. The Morgan fingerprint density at radius 2 is 1.72 bits per heavy atom. The highest BCUT2D eigenvalue weighted by Crippen LogP contribution is 2.31. The summed E-state index contributed by atoms with van der Waals surface area (Å²) in [5.74, 6) is -1.95. The molecule has 1 atom stereocenters. The summed E-state index contributed by atoms with van der Waals surface area (Å²) in [6.07, 6.45) is 3.87. The molecule has 2 aromatic rings. The quantitative estimate of drug-likeness (QED) is 0.437. The van der Waals surface area contributed by atoms with Gasteiger partial charge in [0, 0.05) is 24.2 Å². The lowest BCUT2D eigenvalue weighted by molar-refractivity contribution is -0.121. The van der Waals surface area contributed by atoms with Crippen LogP contribution in [0, 0.1) is 17.6 Å². The second kappa shape index (κ2) is 12.4. The van der Waals surface area contributed by atoms with Gasteiger partial charge in [0.2, 0.25) is 5.91 Å². The Kier molecular flexibility index (Phi) is 9.20. The van der Waals surface area contributed by atoms with Gasteiger partial charge in [-0.25, -0.2) is 13.2 Å². The van der Waals surface area contributed by atoms with E-state index in [4.69, 9.17) is 10.5 Å². The number of ether oxygens (including phenoxy) is 1. The van der Waals surface area contributed by atoms with Crippen LogP contribution < -0.4 is 10.5 Å². The maximum Gasteiger partial charge on any atom is 0.254 e. The summed E-state index contributed by atoms with van der Waals surface area (Å²) in [5.41, 5.74) is 4.83. The Bertz CT molecular complexity index is 1180. The van der Waals surface area contributed by atoms with Crippen molar-refractivity contribution in [2.24, 2.45) is 11.7 Å². The third-order valence-corrected chi connectivity index (χ3v) is 8.26. The van der Waals surface area contributed by atoms with Gasteiger partial charge in [-0.05, 0) is 87.4 Å². The fourth-order valence-corrected chi connectivity index (χ4v) is 5.53. The van der Waals surface area contributed by atoms with Crippen molar-refractivity contribution in [2.75, 3.05) is 32.8 Å². The van der Waals surface area contributed by atoms with E-state index in [1.165, 1.54) is 29.2 Å². The van der Waals surface area contributed by atoms with Crippen molar-refractivity contribution in [1.29, 1.82) is 0 Å². The summed E-state index contributed by atoms with van der Waals surface area (Å²) in [5, 5.41) is 0. The number of carbonyl (C=O) groups is 2. The van der Waals surface area contributed by atoms with Crippen molar-refractivity contribution in [1.82, 2.24) is 9.80 Å². The minimum atomic E-state index is -1.15. The summed E-state index contributed by atoms with van der Waals surface area (Å²) in [6.45, 7) is 6.54. The van der Waals surface area contributed by atoms with Gasteiger partial charge in [0.25, 0.3) is 5.91 Å². The smallest absolute Gasteiger partial charge is 0.254 e. The zero-order valence-corrected chi connectivity index (χ0v) is 22.7. The lowest BCUT2D eigenvalue weighted by atomic mass is 9.94. The second-order valence-electron chi connectivity index (χ2n) is 10.8. The third kappa shape index (κ3) is 6.75. The Hall–Kier alpha value is -3.07. The van der Waals surface area contributed by atoms with Gasteiger partial charge in [0.15, 0.2) is 11.6 Å². The lowest BCUT2D eigenvalue weighted by Crippen LogP contribution is -2.44. The Morgan fingerprint density at radius 3 is 2.33 bits per heavy atom. The van der Waals surface area contributed by atoms with Gasteiger partial charge in [0.1, 0.15) is 17.5 Å². The number of primary amides is 1. The molecular formula is C30H38F3N3O3. The Balaban J connectivity index is 1.34. The molecular weight excluding hydrogens is 507 g/mol. The maximum absolute atomic E-state index is 15.0. The number of amides is 2. The predicted octanol–water partition coefficient (Wildman–Crippen LogP) is 5.34. The van der Waals surface area contributed by atoms with Gasteiger partial charge in [-0.1, -0.05) is 26.0 Å². The monoisotopic (exact) mass is 545 g/mol. The number of nitrogens with zero attached hydrogens (tertiary/aromatic N) is 2. The highest BCUT2D eigenvalue weighted by atomic mass is 19.1. The molecule has 0 saturated carbocycles. The molecule has 6 nitrogen and oxygen atoms in total. The molecule has 2 aromatic carbocycles. The number of likely N-dealkylation sites (tertiary alicyclic amines) is 2. The highest BCUT2D eigenvalue weighted by Gasteiger charge is 2.33. The molecule has 2 heterocycles. The van der Waals surface area contributed by atoms with E-state index in [1.54, 1.807) is 6.07 Å². The molecule has 39 heavy (non-hydrogen) atoms. The molecule has 2 fully saturated rings. The van der Waals surface area contributed by atoms with Crippen LogP contribution in [-0.2, 0) is 4.79 Å². The van der Waals surface area contributed by atoms with E-state index in [1.807, 2.05) is 13.8 Å². The average Bonchev–Trinajstić information content (AvgIpc) is 3.43. The molecule has 0 aliphatic carbocycles. The SMILES string of the molecule is CCC(F)(CC)CN1CCC(COc2ccc(-c3ccc(C(=O)N4CCC[C@H]4C(N)=O)cc3F)cc2F)CC1. The van der Waals surface area contributed by atoms with Crippen LogP contribution in [0.15, 0.2) is 36.4 Å². The number of hydrogen-bond donors (Lipinski definition) is 1. The molecule has 0 unspecified atom stereocenters. The predicted molar refractivity (Wildman–Crippen MR) is 144 cm³/mol. The molecule has 0 aromatic heterocycles. The van der Waals surface area contributed by atoms with Gasteiger partial charge in [0.05, 0.1) is 6.61 Å². The normalized spacial score (nSPS) is 18.9. The van der Waals surface area contributed by atoms with Crippen LogP contribution in [0.1, 0.15) is 62.7 Å². The van der Waals surface area contributed by atoms with Crippen LogP contribution in [-0.4, -0.2) is 66.1 Å². The first-order valence-electron chi connectivity index (χ1n) is 13.9. The molecule has 212 valence electrons. The largest absolute Gasteiger partial charge is 0.490 e. The van der Waals surface area contributed by atoms with E-state index in [2.05, 4.69) is 4.90 Å². The number of alkyl halides is 1. The molecule has 9 heteroatoms. The van der Waals surface area contributed by atoms with E-state index >= 15 is 0 Å². The van der Waals surface area contributed by atoms with E-state index < -0.39 is 35.2 Å². The third-order valence-electron chi connectivity index (χ3n) is 8.26. The van der Waals surface area contributed by atoms with Crippen molar-refractivity contribution in [2.45, 2.75) is 64.1 Å². The number of nitrogens with two attached hydrogens (primary N) is 1. The molecule has 0 radical (unpaired) electrons. The number of piperidine rings is 1. The summed E-state index contributed by atoms with van der Waals surface area (Å²) in [4.78, 5) is 28.0. The average molecular weight is 546 g/mol. The molecule has 2 N–H and O–H groups in total. The minimum absolute atomic E-state index is 0.0969. The zero-order valence-electron chi connectivity index (χ0n) is 22.7. The van der Waals surface area contributed by atoms with Gasteiger partial charge in [-0.3, -0.25) is 9.59 Å². The van der Waals surface area contributed by atoms with Crippen LogP contribution in [0.5, 0.6) is 5.75 Å². The maximum atomic E-state index is 15.0. The fraction of sp³-hybridized carbons (Fsp3) is 0.533. The van der Waals surface area contributed by atoms with Gasteiger partial charge < -0.3 is 20.3 Å². The zero-order chi connectivity index (χ0) is 28.2. The molecule has 2 amide bonds. The molecule has 2 aliphatic rings. The van der Waals surface area contributed by atoms with Crippen LogP contribution in [0.3, 0.4) is 0 Å². The number of benzene rings is 2. The lowest BCUT2D eigenvalue weighted by Gasteiger charge is -2.36. The van der Waals surface area contributed by atoms with E-state index in [0.29, 0.717) is 50.9 Å². The molecule has 4 rings (SSSR count). The molecule has 2 aliphatic heterocycles. The van der Waals surface area contributed by atoms with Crippen molar-refractivity contribution in [3.8, 4) is 16.9 Å². The van der Waals surface area contributed by atoms with E-state index in [-0.39, 0.29) is 22.8 Å². The second-order valence-corrected chi connectivity index (χ2v) is 10.8. The highest BCUT2D eigenvalue weighted by molar-refractivity contribution is 5.98. The number of halogens is 3. The summed E-state index contributed by atoms with van der Waals surface area (Å²) in [7, 11) is 0. The first-order valence-corrected chi connectivity index (χ1v) is 13.9. The van der Waals surface area contributed by atoms with Gasteiger partial charge in [-0.2, -0.15) is 0 Å². The minimum Gasteiger partial charge on any atom is -0.490 e. The number of carbonyl (C=O) groups excluding carboxylic acids is 2. The van der Waals surface area contributed by atoms with Crippen molar-refractivity contribution < 1.29 is 27.5 Å². The van der Waals surface area contributed by atoms with Gasteiger partial charge in [-0.15, -0.1) is 0 Å². The topological polar surface area (TPSA) is 75.9 Å². The Morgan fingerprint density at radius 1 is 1.00 bits per heavy atom. The van der Waals surface area contributed by atoms with Crippen LogP contribution in [0.25, 0.3) is 11.1 Å². The van der Waals surface area contributed by atoms with Crippen LogP contribution >= 0.6 is 0 Å². The summed E-state index contributed by atoms with van der Waals surface area (Å²) in [6, 6.07) is 7.62. The molecule has 2 saturated heterocycles. The van der Waals surface area contributed by atoms with Gasteiger partial charge >= 0.3 is 0 Å². The Labute approximate surface area is 228 Å². The first kappa shape index (κ1) is 28.9. The molecule has 0 bridgehead atoms. The van der Waals surface area contributed by atoms with Crippen molar-refractivity contribution in [3.63, 3.8) is 0 Å². The van der Waals surface area contributed by atoms with E-state index in [0.717, 1.165) is 32.0 Å². The van der Waals surface area contributed by atoms with Crippen molar-refractivity contribution >= 4 is 11.8 Å². The van der Waals surface area contributed by atoms with Crippen LogP contribution in [0.4, 0.5) is 13.2 Å². The first-order chi connectivity index (χ1) is 18.6. The van der Waals surface area contributed by atoms with Crippen LogP contribution in [0.2, 0.25) is 0 Å². The number of hydrogen-bond acceptors (Lipinski definition) is 4. The summed E-state index contributed by atoms with van der Waals surface area (Å²) >= 11 is 0. The fourth-order valence-electron chi connectivity index (χ4n) is 5.53.